The Morgan fingerprint density at radius 1 is 1.36 bits per heavy atom. The Morgan fingerprint density at radius 2 is 2.07 bits per heavy atom. The summed E-state index contributed by atoms with van der Waals surface area (Å²) < 4.78 is 0. The van der Waals surface area contributed by atoms with Crippen molar-refractivity contribution in [3.05, 3.63) is 0 Å². The van der Waals surface area contributed by atoms with E-state index in [1.54, 1.807) is 0 Å². The largest absolute Gasteiger partial charge is 0.317 e. The summed E-state index contributed by atoms with van der Waals surface area (Å²) in [6.07, 6.45) is 6.97. The van der Waals surface area contributed by atoms with Crippen molar-refractivity contribution in [3.8, 4) is 0 Å². The molecule has 1 saturated carbocycles. The lowest BCUT2D eigenvalue weighted by Gasteiger charge is -2.16. The highest BCUT2D eigenvalue weighted by atomic mass is 15.1. The summed E-state index contributed by atoms with van der Waals surface area (Å²) in [5.74, 6) is 1.04. The van der Waals surface area contributed by atoms with Gasteiger partial charge in [-0.3, -0.25) is 0 Å². The van der Waals surface area contributed by atoms with Crippen molar-refractivity contribution in [2.45, 2.75) is 45.1 Å². The van der Waals surface area contributed by atoms with Gasteiger partial charge in [-0.15, -0.1) is 0 Å². The number of unbranched alkanes of at least 4 members (excludes halogenated alkanes) is 1. The van der Waals surface area contributed by atoms with Crippen LogP contribution < -0.4 is 5.32 Å². The molecule has 0 aromatic rings. The van der Waals surface area contributed by atoms with Crippen LogP contribution >= 0.6 is 0 Å². The lowest BCUT2D eigenvalue weighted by atomic mass is 10.1. The van der Waals surface area contributed by atoms with Crippen LogP contribution in [-0.4, -0.2) is 38.1 Å². The summed E-state index contributed by atoms with van der Waals surface area (Å²) in [6, 6.07) is 0.684. The summed E-state index contributed by atoms with van der Waals surface area (Å²) in [4.78, 5) is 2.50. The molecule has 1 fully saturated rings. The van der Waals surface area contributed by atoms with Crippen molar-refractivity contribution in [2.24, 2.45) is 5.92 Å². The van der Waals surface area contributed by atoms with Gasteiger partial charge in [-0.25, -0.2) is 0 Å². The van der Waals surface area contributed by atoms with E-state index in [9.17, 15) is 0 Å². The van der Waals surface area contributed by atoms with Crippen LogP contribution in [-0.2, 0) is 0 Å². The van der Waals surface area contributed by atoms with Crippen LogP contribution in [0.2, 0.25) is 0 Å². The first-order valence-corrected chi connectivity index (χ1v) is 6.08. The first-order chi connectivity index (χ1) is 6.72. The second kappa shape index (κ2) is 6.41. The van der Waals surface area contributed by atoms with Gasteiger partial charge in [0.15, 0.2) is 0 Å². The first kappa shape index (κ1) is 12.0. The van der Waals surface area contributed by atoms with Crippen LogP contribution in [0.25, 0.3) is 0 Å². The number of rotatable bonds is 8. The molecule has 1 unspecified atom stereocenters. The zero-order valence-corrected chi connectivity index (χ0v) is 10.1. The summed E-state index contributed by atoms with van der Waals surface area (Å²) in [7, 11) is 4.31. The van der Waals surface area contributed by atoms with Crippen molar-refractivity contribution in [2.75, 3.05) is 27.2 Å². The summed E-state index contributed by atoms with van der Waals surface area (Å²) in [5.41, 5.74) is 0. The molecule has 0 spiro atoms. The minimum atomic E-state index is 0.684. The van der Waals surface area contributed by atoms with E-state index in [2.05, 4.69) is 24.2 Å². The summed E-state index contributed by atoms with van der Waals surface area (Å²) in [6.45, 7) is 4.88. The first-order valence-electron chi connectivity index (χ1n) is 6.08. The molecule has 14 heavy (non-hydrogen) atoms. The Balaban J connectivity index is 1.86. The number of hydrogen-bond donors (Lipinski definition) is 1. The molecule has 0 bridgehead atoms. The lowest BCUT2D eigenvalue weighted by Crippen LogP contribution is -2.24. The second-order valence-corrected chi connectivity index (χ2v) is 4.89. The standard InChI is InChI=1S/C12H26N2/c1-11(13-2)6-4-5-9-14(3)10-12-7-8-12/h11-13H,4-10H2,1-3H3. The topological polar surface area (TPSA) is 15.3 Å². The van der Waals surface area contributed by atoms with E-state index >= 15 is 0 Å². The number of nitrogens with one attached hydrogen (secondary N) is 1. The van der Waals surface area contributed by atoms with Crippen molar-refractivity contribution in [1.82, 2.24) is 10.2 Å². The highest BCUT2D eigenvalue weighted by molar-refractivity contribution is 4.75. The predicted molar refractivity (Wildman–Crippen MR) is 62.6 cm³/mol. The molecular formula is C12H26N2. The fraction of sp³-hybridized carbons (Fsp3) is 1.00. The fourth-order valence-electron chi connectivity index (χ4n) is 1.81. The Labute approximate surface area is 89.1 Å². The predicted octanol–water partition coefficient (Wildman–Crippen LogP) is 2.11. The second-order valence-electron chi connectivity index (χ2n) is 4.89. The van der Waals surface area contributed by atoms with E-state index in [-0.39, 0.29) is 0 Å². The minimum absolute atomic E-state index is 0.684. The summed E-state index contributed by atoms with van der Waals surface area (Å²) in [5, 5.41) is 3.28. The van der Waals surface area contributed by atoms with Gasteiger partial charge >= 0.3 is 0 Å². The van der Waals surface area contributed by atoms with E-state index in [0.717, 1.165) is 5.92 Å². The van der Waals surface area contributed by atoms with Crippen LogP contribution in [0.5, 0.6) is 0 Å². The maximum Gasteiger partial charge on any atom is 0.00357 e. The van der Waals surface area contributed by atoms with Crippen molar-refractivity contribution in [1.29, 1.82) is 0 Å². The maximum atomic E-state index is 3.28. The smallest absolute Gasteiger partial charge is 0.00357 e. The molecule has 0 saturated heterocycles. The van der Waals surface area contributed by atoms with E-state index in [0.29, 0.717) is 6.04 Å². The zero-order valence-electron chi connectivity index (χ0n) is 10.1. The molecule has 0 amide bonds. The monoisotopic (exact) mass is 198 g/mol. The molecule has 0 radical (unpaired) electrons. The molecule has 1 aliphatic carbocycles. The van der Waals surface area contributed by atoms with Crippen molar-refractivity contribution < 1.29 is 0 Å². The highest BCUT2D eigenvalue weighted by Gasteiger charge is 2.22. The summed E-state index contributed by atoms with van der Waals surface area (Å²) >= 11 is 0. The third kappa shape index (κ3) is 5.61. The average molecular weight is 198 g/mol. The molecule has 84 valence electrons. The molecule has 0 heterocycles. The van der Waals surface area contributed by atoms with E-state index in [1.807, 2.05) is 7.05 Å². The van der Waals surface area contributed by atoms with Crippen molar-refractivity contribution in [3.63, 3.8) is 0 Å². The van der Waals surface area contributed by atoms with Gasteiger partial charge in [0.2, 0.25) is 0 Å². The van der Waals surface area contributed by atoms with Crippen molar-refractivity contribution >= 4 is 0 Å². The van der Waals surface area contributed by atoms with Gasteiger partial charge in [0, 0.05) is 12.6 Å². The van der Waals surface area contributed by atoms with Crippen LogP contribution in [0, 0.1) is 5.92 Å². The van der Waals surface area contributed by atoms with Gasteiger partial charge in [0.25, 0.3) is 0 Å². The molecule has 2 nitrogen and oxygen atoms in total. The number of nitrogens with zero attached hydrogens (tertiary/aromatic N) is 1. The molecule has 0 aromatic carbocycles. The lowest BCUT2D eigenvalue weighted by molar-refractivity contribution is 0.309. The zero-order chi connectivity index (χ0) is 10.4. The van der Waals surface area contributed by atoms with Crippen LogP contribution in [0.3, 0.4) is 0 Å². The molecule has 0 aromatic heterocycles. The third-order valence-electron chi connectivity index (χ3n) is 3.19. The molecule has 1 atom stereocenters. The average Bonchev–Trinajstić information content (AvgIpc) is 2.95. The molecular weight excluding hydrogens is 172 g/mol. The van der Waals surface area contributed by atoms with Crippen LogP contribution in [0.4, 0.5) is 0 Å². The molecule has 1 N–H and O–H groups in total. The van der Waals surface area contributed by atoms with Gasteiger partial charge in [0.1, 0.15) is 0 Å². The highest BCUT2D eigenvalue weighted by Crippen LogP contribution is 2.29. The third-order valence-corrected chi connectivity index (χ3v) is 3.19. The van der Waals surface area contributed by atoms with Crippen LogP contribution in [0.1, 0.15) is 39.0 Å². The molecule has 2 heteroatoms. The molecule has 0 aliphatic heterocycles. The SMILES string of the molecule is CNC(C)CCCCN(C)CC1CC1. The Bertz CT molecular complexity index is 143. The Morgan fingerprint density at radius 3 is 2.64 bits per heavy atom. The van der Waals surface area contributed by atoms with E-state index in [4.69, 9.17) is 0 Å². The Kier molecular flexibility index (Phi) is 5.49. The van der Waals surface area contributed by atoms with Gasteiger partial charge in [0.05, 0.1) is 0 Å². The van der Waals surface area contributed by atoms with Gasteiger partial charge in [-0.1, -0.05) is 6.42 Å². The fourth-order valence-corrected chi connectivity index (χ4v) is 1.81. The van der Waals surface area contributed by atoms with E-state index in [1.165, 1.54) is 45.2 Å². The van der Waals surface area contributed by atoms with Gasteiger partial charge in [-0.2, -0.15) is 0 Å². The maximum absolute atomic E-state index is 3.28. The van der Waals surface area contributed by atoms with Gasteiger partial charge in [-0.05, 0) is 59.2 Å². The molecule has 1 rings (SSSR count). The quantitative estimate of drug-likeness (QED) is 0.601. The van der Waals surface area contributed by atoms with E-state index < -0.39 is 0 Å². The normalized spacial score (nSPS) is 18.9. The van der Waals surface area contributed by atoms with Gasteiger partial charge < -0.3 is 10.2 Å². The Hall–Kier alpha value is -0.0800. The molecule has 1 aliphatic rings. The van der Waals surface area contributed by atoms with Crippen LogP contribution in [0.15, 0.2) is 0 Å². The number of hydrogen-bond acceptors (Lipinski definition) is 2. The minimum Gasteiger partial charge on any atom is -0.317 e.